The normalized spacial score (nSPS) is 23.8. The summed E-state index contributed by atoms with van der Waals surface area (Å²) < 4.78 is 0. The maximum absolute atomic E-state index is 6.03. The van der Waals surface area contributed by atoms with E-state index in [1.165, 1.54) is 32.1 Å². The SMILES string of the molecule is CC(C)C(N)CNC1(C)CCCCC1. The van der Waals surface area contributed by atoms with Crippen molar-refractivity contribution in [3.05, 3.63) is 0 Å². The van der Waals surface area contributed by atoms with Crippen LogP contribution in [-0.4, -0.2) is 18.1 Å². The first-order chi connectivity index (χ1) is 6.53. The Morgan fingerprint density at radius 3 is 2.29 bits per heavy atom. The summed E-state index contributed by atoms with van der Waals surface area (Å²) in [6.07, 6.45) is 6.80. The molecule has 0 saturated heterocycles. The second-order valence-corrected chi connectivity index (χ2v) is 5.41. The molecule has 0 radical (unpaired) electrons. The molecule has 2 nitrogen and oxygen atoms in total. The van der Waals surface area contributed by atoms with Crippen molar-refractivity contribution in [1.82, 2.24) is 5.32 Å². The zero-order chi connectivity index (χ0) is 10.6. The minimum absolute atomic E-state index is 0.300. The van der Waals surface area contributed by atoms with Crippen LogP contribution >= 0.6 is 0 Å². The Morgan fingerprint density at radius 1 is 1.21 bits per heavy atom. The number of nitrogens with two attached hydrogens (primary N) is 1. The van der Waals surface area contributed by atoms with Crippen LogP contribution in [-0.2, 0) is 0 Å². The van der Waals surface area contributed by atoms with Gasteiger partial charge in [-0.05, 0) is 25.7 Å². The second kappa shape index (κ2) is 5.13. The molecule has 14 heavy (non-hydrogen) atoms. The highest BCUT2D eigenvalue weighted by Crippen LogP contribution is 2.27. The van der Waals surface area contributed by atoms with Crippen LogP contribution in [0.3, 0.4) is 0 Å². The van der Waals surface area contributed by atoms with Crippen LogP contribution < -0.4 is 11.1 Å². The van der Waals surface area contributed by atoms with E-state index in [-0.39, 0.29) is 0 Å². The minimum Gasteiger partial charge on any atom is -0.326 e. The number of hydrogen-bond donors (Lipinski definition) is 2. The largest absolute Gasteiger partial charge is 0.326 e. The highest BCUT2D eigenvalue weighted by atomic mass is 15.0. The van der Waals surface area contributed by atoms with E-state index in [9.17, 15) is 0 Å². The summed E-state index contributed by atoms with van der Waals surface area (Å²) in [7, 11) is 0. The molecule has 2 heteroatoms. The molecule has 0 aliphatic heterocycles. The van der Waals surface area contributed by atoms with Crippen molar-refractivity contribution in [3.8, 4) is 0 Å². The van der Waals surface area contributed by atoms with Crippen LogP contribution in [0.5, 0.6) is 0 Å². The van der Waals surface area contributed by atoms with Gasteiger partial charge in [-0.3, -0.25) is 0 Å². The molecule has 1 unspecified atom stereocenters. The molecule has 1 aliphatic carbocycles. The van der Waals surface area contributed by atoms with Gasteiger partial charge < -0.3 is 11.1 Å². The lowest BCUT2D eigenvalue weighted by atomic mass is 9.83. The lowest BCUT2D eigenvalue weighted by Gasteiger charge is -2.36. The standard InChI is InChI=1S/C12H26N2/c1-10(2)11(13)9-14-12(3)7-5-4-6-8-12/h10-11,14H,4-9,13H2,1-3H3. The molecule has 1 aliphatic rings. The van der Waals surface area contributed by atoms with Crippen molar-refractivity contribution in [1.29, 1.82) is 0 Å². The summed E-state index contributed by atoms with van der Waals surface area (Å²) in [5.41, 5.74) is 6.40. The molecule has 3 N–H and O–H groups in total. The molecule has 1 atom stereocenters. The molecule has 0 bridgehead atoms. The fourth-order valence-electron chi connectivity index (χ4n) is 2.11. The lowest BCUT2D eigenvalue weighted by Crippen LogP contribution is -2.50. The van der Waals surface area contributed by atoms with E-state index >= 15 is 0 Å². The van der Waals surface area contributed by atoms with Crippen LogP contribution in [0.1, 0.15) is 52.9 Å². The Bertz CT molecular complexity index is 160. The smallest absolute Gasteiger partial charge is 0.0188 e. The van der Waals surface area contributed by atoms with Crippen molar-refractivity contribution < 1.29 is 0 Å². The first-order valence-electron chi connectivity index (χ1n) is 6.04. The first kappa shape index (κ1) is 12.0. The van der Waals surface area contributed by atoms with E-state index in [2.05, 4.69) is 26.1 Å². The first-order valence-corrected chi connectivity index (χ1v) is 6.04. The number of nitrogens with one attached hydrogen (secondary N) is 1. The molecular weight excluding hydrogens is 172 g/mol. The van der Waals surface area contributed by atoms with Crippen molar-refractivity contribution in [2.45, 2.75) is 64.5 Å². The van der Waals surface area contributed by atoms with E-state index in [1.807, 2.05) is 0 Å². The number of rotatable bonds is 4. The van der Waals surface area contributed by atoms with Crippen molar-refractivity contribution in [3.63, 3.8) is 0 Å². The minimum atomic E-state index is 0.300. The van der Waals surface area contributed by atoms with Crippen molar-refractivity contribution >= 4 is 0 Å². The summed E-state index contributed by atoms with van der Waals surface area (Å²) >= 11 is 0. The summed E-state index contributed by atoms with van der Waals surface area (Å²) in [4.78, 5) is 0. The summed E-state index contributed by atoms with van der Waals surface area (Å²) in [6, 6.07) is 0.300. The maximum Gasteiger partial charge on any atom is 0.0188 e. The van der Waals surface area contributed by atoms with Crippen LogP contribution in [0.15, 0.2) is 0 Å². The van der Waals surface area contributed by atoms with Gasteiger partial charge in [0.15, 0.2) is 0 Å². The van der Waals surface area contributed by atoms with E-state index in [0.29, 0.717) is 17.5 Å². The van der Waals surface area contributed by atoms with E-state index in [1.54, 1.807) is 0 Å². The summed E-state index contributed by atoms with van der Waals surface area (Å²) in [6.45, 7) is 7.69. The van der Waals surface area contributed by atoms with Crippen molar-refractivity contribution in [2.75, 3.05) is 6.54 Å². The van der Waals surface area contributed by atoms with Gasteiger partial charge in [0.25, 0.3) is 0 Å². The third kappa shape index (κ3) is 3.58. The van der Waals surface area contributed by atoms with Gasteiger partial charge in [-0.1, -0.05) is 33.1 Å². The molecule has 0 amide bonds. The molecule has 0 aromatic heterocycles. The van der Waals surface area contributed by atoms with Gasteiger partial charge in [0.05, 0.1) is 0 Å². The van der Waals surface area contributed by atoms with Crippen LogP contribution in [0.25, 0.3) is 0 Å². The predicted octanol–water partition coefficient (Wildman–Crippen LogP) is 2.28. The van der Waals surface area contributed by atoms with Crippen LogP contribution in [0, 0.1) is 5.92 Å². The summed E-state index contributed by atoms with van der Waals surface area (Å²) in [5, 5.41) is 3.65. The van der Waals surface area contributed by atoms with E-state index in [4.69, 9.17) is 5.73 Å². The fraction of sp³-hybridized carbons (Fsp3) is 1.00. The quantitative estimate of drug-likeness (QED) is 0.727. The molecule has 84 valence electrons. The monoisotopic (exact) mass is 198 g/mol. The molecule has 0 spiro atoms. The van der Waals surface area contributed by atoms with Crippen LogP contribution in [0.2, 0.25) is 0 Å². The fourth-order valence-corrected chi connectivity index (χ4v) is 2.11. The maximum atomic E-state index is 6.03. The van der Waals surface area contributed by atoms with Crippen LogP contribution in [0.4, 0.5) is 0 Å². The predicted molar refractivity (Wildman–Crippen MR) is 62.3 cm³/mol. The van der Waals surface area contributed by atoms with Gasteiger partial charge >= 0.3 is 0 Å². The Balaban J connectivity index is 2.28. The Hall–Kier alpha value is -0.0800. The topological polar surface area (TPSA) is 38.0 Å². The molecule has 0 aromatic rings. The highest BCUT2D eigenvalue weighted by molar-refractivity contribution is 4.87. The van der Waals surface area contributed by atoms with Gasteiger partial charge in [-0.25, -0.2) is 0 Å². The lowest BCUT2D eigenvalue weighted by molar-refractivity contribution is 0.243. The Morgan fingerprint density at radius 2 is 1.79 bits per heavy atom. The number of hydrogen-bond acceptors (Lipinski definition) is 2. The highest BCUT2D eigenvalue weighted by Gasteiger charge is 2.26. The van der Waals surface area contributed by atoms with Gasteiger partial charge in [0, 0.05) is 18.1 Å². The van der Waals surface area contributed by atoms with Gasteiger partial charge in [-0.2, -0.15) is 0 Å². The van der Waals surface area contributed by atoms with Gasteiger partial charge in [-0.15, -0.1) is 0 Å². The van der Waals surface area contributed by atoms with E-state index < -0.39 is 0 Å². The zero-order valence-electron chi connectivity index (χ0n) is 9.97. The average Bonchev–Trinajstić information content (AvgIpc) is 2.15. The Labute approximate surface area is 88.6 Å². The third-order valence-corrected chi connectivity index (χ3v) is 3.58. The average molecular weight is 198 g/mol. The molecule has 1 fully saturated rings. The second-order valence-electron chi connectivity index (χ2n) is 5.41. The summed E-state index contributed by atoms with van der Waals surface area (Å²) in [5.74, 6) is 0.578. The Kier molecular flexibility index (Phi) is 4.39. The van der Waals surface area contributed by atoms with E-state index in [0.717, 1.165) is 6.54 Å². The van der Waals surface area contributed by atoms with Gasteiger partial charge in [0.2, 0.25) is 0 Å². The third-order valence-electron chi connectivity index (χ3n) is 3.58. The molecule has 1 rings (SSSR count). The molecule has 0 aromatic carbocycles. The zero-order valence-corrected chi connectivity index (χ0v) is 9.97. The molecular formula is C12H26N2. The molecule has 0 heterocycles. The molecule has 1 saturated carbocycles. The van der Waals surface area contributed by atoms with Gasteiger partial charge in [0.1, 0.15) is 0 Å². The van der Waals surface area contributed by atoms with Crippen molar-refractivity contribution in [2.24, 2.45) is 11.7 Å².